The van der Waals surface area contributed by atoms with Gasteiger partial charge in [-0.05, 0) is 24.6 Å². The van der Waals surface area contributed by atoms with Gasteiger partial charge in [-0.15, -0.1) is 10.2 Å². The summed E-state index contributed by atoms with van der Waals surface area (Å²) in [5.41, 5.74) is 7.36. The van der Waals surface area contributed by atoms with Gasteiger partial charge < -0.3 is 10.3 Å². The van der Waals surface area contributed by atoms with Crippen LogP contribution in [0.1, 0.15) is 12.2 Å². The minimum Gasteiger partial charge on any atom is -0.399 e. The molecule has 0 aliphatic carbocycles. The molecule has 0 spiro atoms. The van der Waals surface area contributed by atoms with Gasteiger partial charge >= 0.3 is 0 Å². The molecule has 2 heterocycles. The zero-order valence-electron chi connectivity index (χ0n) is 8.65. The maximum Gasteiger partial charge on any atom is 0.164 e. The standard InChI is InChI=1S/C11H11ClN4/c12-8-4-7(5-9(13)6-8)11-15-14-10-2-1-3-16(10)11/h4-6H,1-3,13H2. The predicted molar refractivity (Wildman–Crippen MR) is 63.2 cm³/mol. The van der Waals surface area contributed by atoms with E-state index >= 15 is 0 Å². The van der Waals surface area contributed by atoms with Gasteiger partial charge in [0, 0.05) is 29.2 Å². The number of benzene rings is 1. The van der Waals surface area contributed by atoms with Gasteiger partial charge in [-0.1, -0.05) is 11.6 Å². The summed E-state index contributed by atoms with van der Waals surface area (Å²) in [7, 11) is 0. The summed E-state index contributed by atoms with van der Waals surface area (Å²) in [6.45, 7) is 0.976. The van der Waals surface area contributed by atoms with Crippen molar-refractivity contribution >= 4 is 17.3 Å². The van der Waals surface area contributed by atoms with Crippen LogP contribution < -0.4 is 5.73 Å². The zero-order valence-corrected chi connectivity index (χ0v) is 9.41. The molecule has 3 rings (SSSR count). The number of rotatable bonds is 1. The molecule has 0 saturated heterocycles. The highest BCUT2D eigenvalue weighted by atomic mass is 35.5. The fraction of sp³-hybridized carbons (Fsp3) is 0.273. The third-order valence-electron chi connectivity index (χ3n) is 2.79. The topological polar surface area (TPSA) is 56.7 Å². The molecule has 1 aliphatic rings. The maximum absolute atomic E-state index is 5.98. The third kappa shape index (κ3) is 1.46. The largest absolute Gasteiger partial charge is 0.399 e. The number of hydrogen-bond donors (Lipinski definition) is 1. The van der Waals surface area contributed by atoms with E-state index in [4.69, 9.17) is 17.3 Å². The molecule has 0 radical (unpaired) electrons. The van der Waals surface area contributed by atoms with Gasteiger partial charge in [0.1, 0.15) is 5.82 Å². The van der Waals surface area contributed by atoms with E-state index < -0.39 is 0 Å². The normalized spacial score (nSPS) is 14.1. The van der Waals surface area contributed by atoms with Crippen molar-refractivity contribution in [3.63, 3.8) is 0 Å². The van der Waals surface area contributed by atoms with Crippen molar-refractivity contribution in [2.45, 2.75) is 19.4 Å². The van der Waals surface area contributed by atoms with Gasteiger partial charge in [0.2, 0.25) is 0 Å². The van der Waals surface area contributed by atoms with Crippen molar-refractivity contribution in [1.29, 1.82) is 0 Å². The summed E-state index contributed by atoms with van der Waals surface area (Å²) in [6.07, 6.45) is 2.14. The highest BCUT2D eigenvalue weighted by Crippen LogP contribution is 2.27. The van der Waals surface area contributed by atoms with Gasteiger partial charge in [-0.3, -0.25) is 0 Å². The number of fused-ring (bicyclic) bond motifs is 1. The Morgan fingerprint density at radius 2 is 2.12 bits per heavy atom. The molecule has 4 nitrogen and oxygen atoms in total. The van der Waals surface area contributed by atoms with Crippen LogP contribution in [-0.4, -0.2) is 14.8 Å². The Morgan fingerprint density at radius 1 is 1.25 bits per heavy atom. The van der Waals surface area contributed by atoms with Crippen LogP contribution in [0.4, 0.5) is 5.69 Å². The number of nitrogen functional groups attached to an aromatic ring is 1. The monoisotopic (exact) mass is 234 g/mol. The first-order valence-corrected chi connectivity index (χ1v) is 5.60. The summed E-state index contributed by atoms with van der Waals surface area (Å²) < 4.78 is 2.13. The van der Waals surface area contributed by atoms with Crippen molar-refractivity contribution in [1.82, 2.24) is 14.8 Å². The van der Waals surface area contributed by atoms with Crippen LogP contribution >= 0.6 is 11.6 Å². The van der Waals surface area contributed by atoms with Crippen molar-refractivity contribution in [2.75, 3.05) is 5.73 Å². The lowest BCUT2D eigenvalue weighted by atomic mass is 10.2. The first-order chi connectivity index (χ1) is 7.74. The Bertz CT molecular complexity index is 527. The van der Waals surface area contributed by atoms with Gasteiger partial charge in [-0.2, -0.15) is 0 Å². The van der Waals surface area contributed by atoms with Crippen LogP contribution in [0.5, 0.6) is 0 Å². The van der Waals surface area contributed by atoms with Gasteiger partial charge in [0.15, 0.2) is 5.82 Å². The molecule has 2 N–H and O–H groups in total. The highest BCUT2D eigenvalue weighted by molar-refractivity contribution is 6.31. The zero-order chi connectivity index (χ0) is 11.1. The predicted octanol–water partition coefficient (Wildman–Crippen LogP) is 2.13. The van der Waals surface area contributed by atoms with Crippen molar-refractivity contribution in [3.05, 3.63) is 29.0 Å². The van der Waals surface area contributed by atoms with Crippen molar-refractivity contribution in [2.24, 2.45) is 0 Å². The number of nitrogens with two attached hydrogens (primary N) is 1. The molecule has 0 atom stereocenters. The first-order valence-electron chi connectivity index (χ1n) is 5.22. The summed E-state index contributed by atoms with van der Waals surface area (Å²) >= 11 is 5.98. The number of aryl methyl sites for hydroxylation is 1. The van der Waals surface area contributed by atoms with Gasteiger partial charge in [-0.25, -0.2) is 0 Å². The van der Waals surface area contributed by atoms with E-state index in [1.807, 2.05) is 12.1 Å². The second-order valence-electron chi connectivity index (χ2n) is 3.97. The molecule has 0 unspecified atom stereocenters. The summed E-state index contributed by atoms with van der Waals surface area (Å²) in [5.74, 6) is 1.91. The molecular weight excluding hydrogens is 224 g/mol. The number of halogens is 1. The lowest BCUT2D eigenvalue weighted by Crippen LogP contribution is -1.97. The molecule has 82 valence electrons. The highest BCUT2D eigenvalue weighted by Gasteiger charge is 2.18. The van der Waals surface area contributed by atoms with E-state index in [2.05, 4.69) is 14.8 Å². The minimum atomic E-state index is 0.630. The fourth-order valence-electron chi connectivity index (χ4n) is 2.11. The van der Waals surface area contributed by atoms with E-state index in [0.29, 0.717) is 10.7 Å². The Balaban J connectivity index is 2.15. The fourth-order valence-corrected chi connectivity index (χ4v) is 2.35. The van der Waals surface area contributed by atoms with Gasteiger partial charge in [0.05, 0.1) is 0 Å². The third-order valence-corrected chi connectivity index (χ3v) is 3.01. The first kappa shape index (κ1) is 9.66. The minimum absolute atomic E-state index is 0.630. The summed E-state index contributed by atoms with van der Waals surface area (Å²) in [5, 5.41) is 8.98. The van der Waals surface area contributed by atoms with E-state index in [0.717, 1.165) is 36.6 Å². The molecular formula is C11H11ClN4. The smallest absolute Gasteiger partial charge is 0.164 e. The quantitative estimate of drug-likeness (QED) is 0.769. The Labute approximate surface area is 98.0 Å². The molecule has 1 aliphatic heterocycles. The lowest BCUT2D eigenvalue weighted by molar-refractivity contribution is 0.748. The van der Waals surface area contributed by atoms with E-state index in [-0.39, 0.29) is 0 Å². The Kier molecular flexibility index (Phi) is 2.11. The van der Waals surface area contributed by atoms with Crippen LogP contribution in [0, 0.1) is 0 Å². The molecule has 1 aromatic heterocycles. The van der Waals surface area contributed by atoms with Crippen molar-refractivity contribution < 1.29 is 0 Å². The molecule has 5 heteroatoms. The summed E-state index contributed by atoms with van der Waals surface area (Å²) in [6, 6.07) is 5.47. The Morgan fingerprint density at radius 3 is 2.94 bits per heavy atom. The second-order valence-corrected chi connectivity index (χ2v) is 4.40. The number of nitrogens with zero attached hydrogens (tertiary/aromatic N) is 3. The van der Waals surface area contributed by atoms with Crippen LogP contribution in [0.2, 0.25) is 5.02 Å². The molecule has 0 amide bonds. The lowest BCUT2D eigenvalue weighted by Gasteiger charge is -2.04. The van der Waals surface area contributed by atoms with E-state index in [1.165, 1.54) is 0 Å². The van der Waals surface area contributed by atoms with Crippen LogP contribution in [0.3, 0.4) is 0 Å². The van der Waals surface area contributed by atoms with E-state index in [1.54, 1.807) is 6.07 Å². The maximum atomic E-state index is 5.98. The van der Waals surface area contributed by atoms with Crippen LogP contribution in [0.25, 0.3) is 11.4 Å². The average Bonchev–Trinajstić information content (AvgIpc) is 2.75. The SMILES string of the molecule is Nc1cc(Cl)cc(-c2nnc3n2CCC3)c1. The summed E-state index contributed by atoms with van der Waals surface area (Å²) in [4.78, 5) is 0. The molecule has 16 heavy (non-hydrogen) atoms. The molecule has 0 saturated carbocycles. The van der Waals surface area contributed by atoms with E-state index in [9.17, 15) is 0 Å². The van der Waals surface area contributed by atoms with Crippen LogP contribution in [0.15, 0.2) is 18.2 Å². The molecule has 0 bridgehead atoms. The van der Waals surface area contributed by atoms with Crippen LogP contribution in [-0.2, 0) is 13.0 Å². The number of anilines is 1. The molecule has 1 aromatic carbocycles. The Hall–Kier alpha value is -1.55. The molecule has 2 aromatic rings. The second kappa shape index (κ2) is 3.49. The van der Waals surface area contributed by atoms with Gasteiger partial charge in [0.25, 0.3) is 0 Å². The molecule has 0 fully saturated rings. The van der Waals surface area contributed by atoms with Crippen molar-refractivity contribution in [3.8, 4) is 11.4 Å². The average molecular weight is 235 g/mol. The number of aromatic nitrogens is 3. The number of hydrogen-bond acceptors (Lipinski definition) is 3.